The fourth-order valence-electron chi connectivity index (χ4n) is 2.53. The molecule has 4 aromatic heterocycles. The van der Waals surface area contributed by atoms with Gasteiger partial charge in [0.2, 0.25) is 0 Å². The molecule has 7 heteroatoms. The molecule has 4 heterocycles. The molecule has 0 amide bonds. The first-order chi connectivity index (χ1) is 11.8. The monoisotopic (exact) mass is 332 g/mol. The summed E-state index contributed by atoms with van der Waals surface area (Å²) in [5.74, 6) is 0.239. The maximum Gasteiger partial charge on any atom is 0.142 e. The van der Waals surface area contributed by atoms with Gasteiger partial charge in [-0.25, -0.2) is 4.98 Å². The zero-order valence-electron chi connectivity index (χ0n) is 12.4. The normalized spacial score (nSPS) is 10.6. The number of nitriles is 1. The number of H-pyrrole nitrogens is 2. The molecule has 4 N–H and O–H groups in total. The van der Waals surface area contributed by atoms with Crippen LogP contribution in [0.1, 0.15) is 5.56 Å². The van der Waals surface area contributed by atoms with Crippen LogP contribution in [-0.4, -0.2) is 20.2 Å². The maximum absolute atomic E-state index is 9.49. The van der Waals surface area contributed by atoms with Gasteiger partial charge in [-0.05, 0) is 30.3 Å². The third-order valence-electron chi connectivity index (χ3n) is 3.69. The molecule has 0 spiro atoms. The van der Waals surface area contributed by atoms with E-state index in [2.05, 4.69) is 26.2 Å². The van der Waals surface area contributed by atoms with Crippen LogP contribution >= 0.6 is 11.3 Å². The number of thiophene rings is 1. The van der Waals surface area contributed by atoms with E-state index < -0.39 is 0 Å². The quantitative estimate of drug-likeness (QED) is 0.532. The third-order valence-corrected chi connectivity index (χ3v) is 4.84. The number of nitrogens with zero attached hydrogens (tertiary/aromatic N) is 3. The molecule has 6 nitrogen and oxygen atoms in total. The molecule has 0 radical (unpaired) electrons. The molecule has 116 valence electrons. The van der Waals surface area contributed by atoms with Crippen molar-refractivity contribution in [1.82, 2.24) is 20.2 Å². The highest BCUT2D eigenvalue weighted by Gasteiger charge is 2.15. The predicted molar refractivity (Wildman–Crippen MR) is 94.0 cm³/mol. The number of aromatic nitrogens is 4. The first kappa shape index (κ1) is 14.2. The summed E-state index contributed by atoms with van der Waals surface area (Å²) in [6, 6.07) is 11.9. The number of rotatable bonds is 3. The number of hydrogen-bond acceptors (Lipinski definition) is 5. The highest BCUT2D eigenvalue weighted by Crippen LogP contribution is 2.37. The van der Waals surface area contributed by atoms with Crippen LogP contribution in [0.25, 0.3) is 32.3 Å². The Morgan fingerprint density at radius 2 is 2.04 bits per heavy atom. The molecule has 0 atom stereocenters. The summed E-state index contributed by atoms with van der Waals surface area (Å²) >= 11 is 1.57. The lowest BCUT2D eigenvalue weighted by Gasteiger charge is -2.07. The van der Waals surface area contributed by atoms with Crippen LogP contribution in [0.2, 0.25) is 0 Å². The van der Waals surface area contributed by atoms with Crippen molar-refractivity contribution in [2.75, 3.05) is 5.73 Å². The predicted octanol–water partition coefficient (Wildman–Crippen LogP) is 3.65. The Kier molecular flexibility index (Phi) is 3.37. The average molecular weight is 332 g/mol. The average Bonchev–Trinajstić information content (AvgIpc) is 3.35. The number of nitrogens with two attached hydrogens (primary N) is 1. The SMILES string of the molecule is N#Cc1c(-c2ccc(-c3ccn[nH]3)s2)cc(-c2cc[nH]c2)nc1N. The van der Waals surface area contributed by atoms with Gasteiger partial charge in [-0.15, -0.1) is 11.3 Å². The summed E-state index contributed by atoms with van der Waals surface area (Å²) in [4.78, 5) is 9.36. The summed E-state index contributed by atoms with van der Waals surface area (Å²) in [6.45, 7) is 0. The molecule has 0 saturated heterocycles. The van der Waals surface area contributed by atoms with Crippen LogP contribution in [0.4, 0.5) is 5.82 Å². The van der Waals surface area contributed by atoms with E-state index in [0.717, 1.165) is 32.3 Å². The number of nitrogens with one attached hydrogen (secondary N) is 2. The van der Waals surface area contributed by atoms with E-state index in [1.54, 1.807) is 17.5 Å². The fraction of sp³-hybridized carbons (Fsp3) is 0. The van der Waals surface area contributed by atoms with Gasteiger partial charge in [0, 0.05) is 34.6 Å². The van der Waals surface area contributed by atoms with Crippen LogP contribution in [0.15, 0.2) is 48.9 Å². The second-order valence-electron chi connectivity index (χ2n) is 5.16. The van der Waals surface area contributed by atoms with Crippen LogP contribution in [0.3, 0.4) is 0 Å². The van der Waals surface area contributed by atoms with E-state index in [0.29, 0.717) is 5.56 Å². The van der Waals surface area contributed by atoms with Crippen molar-refractivity contribution in [1.29, 1.82) is 5.26 Å². The summed E-state index contributed by atoms with van der Waals surface area (Å²) in [7, 11) is 0. The van der Waals surface area contributed by atoms with Crippen LogP contribution < -0.4 is 5.73 Å². The van der Waals surface area contributed by atoms with Gasteiger partial charge in [0.05, 0.1) is 16.3 Å². The van der Waals surface area contributed by atoms with Crippen molar-refractivity contribution in [2.24, 2.45) is 0 Å². The molecular weight excluding hydrogens is 320 g/mol. The Morgan fingerprint density at radius 1 is 1.17 bits per heavy atom. The largest absolute Gasteiger partial charge is 0.383 e. The minimum Gasteiger partial charge on any atom is -0.383 e. The summed E-state index contributed by atoms with van der Waals surface area (Å²) < 4.78 is 0. The molecule has 0 unspecified atom stereocenters. The topological polar surface area (TPSA) is 107 Å². The Bertz CT molecular complexity index is 1020. The van der Waals surface area contributed by atoms with Crippen molar-refractivity contribution >= 4 is 17.2 Å². The maximum atomic E-state index is 9.49. The van der Waals surface area contributed by atoms with Crippen molar-refractivity contribution in [3.8, 4) is 38.3 Å². The molecule has 0 fully saturated rings. The van der Waals surface area contributed by atoms with E-state index in [1.165, 1.54) is 0 Å². The summed E-state index contributed by atoms with van der Waals surface area (Å²) in [5, 5.41) is 16.4. The molecule has 24 heavy (non-hydrogen) atoms. The lowest BCUT2D eigenvalue weighted by Crippen LogP contribution is -1.98. The minimum absolute atomic E-state index is 0.239. The Hall–Kier alpha value is -3.37. The van der Waals surface area contributed by atoms with E-state index >= 15 is 0 Å². The summed E-state index contributed by atoms with van der Waals surface area (Å²) in [6.07, 6.45) is 5.39. The molecular formula is C17H12N6S. The van der Waals surface area contributed by atoms with Crippen molar-refractivity contribution in [3.63, 3.8) is 0 Å². The lowest BCUT2D eigenvalue weighted by atomic mass is 10.1. The smallest absolute Gasteiger partial charge is 0.142 e. The Morgan fingerprint density at radius 3 is 2.75 bits per heavy atom. The molecule has 0 aliphatic heterocycles. The van der Waals surface area contributed by atoms with Gasteiger partial charge >= 0.3 is 0 Å². The van der Waals surface area contributed by atoms with E-state index in [1.807, 2.05) is 42.7 Å². The zero-order valence-corrected chi connectivity index (χ0v) is 13.3. The number of pyridine rings is 1. The van der Waals surface area contributed by atoms with E-state index in [9.17, 15) is 5.26 Å². The molecule has 0 aromatic carbocycles. The van der Waals surface area contributed by atoms with Crippen molar-refractivity contribution < 1.29 is 0 Å². The Labute approximate surface area is 141 Å². The highest BCUT2D eigenvalue weighted by molar-refractivity contribution is 7.18. The molecule has 0 aliphatic carbocycles. The first-order valence-electron chi connectivity index (χ1n) is 7.20. The van der Waals surface area contributed by atoms with Gasteiger partial charge < -0.3 is 10.7 Å². The standard InChI is InChI=1S/C17H12N6S/c18-8-12-11(7-14(22-17(12)19)10-3-5-20-9-10)15-1-2-16(24-15)13-4-6-21-23-13/h1-7,9,20H,(H2,19,22)(H,21,23). The van der Waals surface area contributed by atoms with Gasteiger partial charge in [-0.2, -0.15) is 10.4 Å². The second-order valence-corrected chi connectivity index (χ2v) is 6.24. The van der Waals surface area contributed by atoms with Gasteiger partial charge in [-0.3, -0.25) is 5.10 Å². The van der Waals surface area contributed by atoms with Crippen LogP contribution in [-0.2, 0) is 0 Å². The molecule has 0 aliphatic rings. The molecule has 0 saturated carbocycles. The summed E-state index contributed by atoms with van der Waals surface area (Å²) in [5.41, 5.74) is 9.81. The molecule has 4 rings (SSSR count). The Balaban J connectivity index is 1.86. The first-order valence-corrected chi connectivity index (χ1v) is 8.01. The third kappa shape index (κ3) is 2.35. The number of nitrogen functional groups attached to an aromatic ring is 1. The minimum atomic E-state index is 0.239. The van der Waals surface area contributed by atoms with Gasteiger partial charge in [0.25, 0.3) is 0 Å². The molecule has 0 bridgehead atoms. The van der Waals surface area contributed by atoms with Gasteiger partial charge in [0.1, 0.15) is 17.5 Å². The lowest BCUT2D eigenvalue weighted by molar-refractivity contribution is 1.10. The van der Waals surface area contributed by atoms with Crippen molar-refractivity contribution in [2.45, 2.75) is 0 Å². The van der Waals surface area contributed by atoms with Crippen molar-refractivity contribution in [3.05, 3.63) is 54.5 Å². The number of aromatic amines is 2. The van der Waals surface area contributed by atoms with Gasteiger partial charge in [0.15, 0.2) is 0 Å². The zero-order chi connectivity index (χ0) is 16.5. The van der Waals surface area contributed by atoms with Crippen LogP contribution in [0, 0.1) is 11.3 Å². The molecule has 4 aromatic rings. The van der Waals surface area contributed by atoms with E-state index in [4.69, 9.17) is 5.73 Å². The fourth-order valence-corrected chi connectivity index (χ4v) is 3.53. The van der Waals surface area contributed by atoms with Crippen LogP contribution in [0.5, 0.6) is 0 Å². The van der Waals surface area contributed by atoms with Gasteiger partial charge in [-0.1, -0.05) is 0 Å². The number of anilines is 1. The highest BCUT2D eigenvalue weighted by atomic mass is 32.1. The number of hydrogen-bond donors (Lipinski definition) is 3. The second kappa shape index (κ2) is 5.68. The van der Waals surface area contributed by atoms with E-state index in [-0.39, 0.29) is 5.82 Å².